The van der Waals surface area contributed by atoms with Gasteiger partial charge in [-0.3, -0.25) is 0 Å². The van der Waals surface area contributed by atoms with E-state index in [4.69, 9.17) is 4.74 Å². The zero-order valence-corrected chi connectivity index (χ0v) is 16.2. The second kappa shape index (κ2) is 8.78. The normalized spacial score (nSPS) is 11.8. The summed E-state index contributed by atoms with van der Waals surface area (Å²) in [5.74, 6) is -0.373. The van der Waals surface area contributed by atoms with Crippen LogP contribution in [-0.2, 0) is 11.2 Å². The standard InChI is InChI=1S/C23H22O3S/c1-16-12-17(2)14-19(13-16)26-21(23(24)25)15-18-8-6-7-11-22(18)27-20-9-4-3-5-10-20/h3-14,21H,15H2,1-2H3,(H,24,25). The molecule has 0 heterocycles. The molecule has 0 aliphatic carbocycles. The van der Waals surface area contributed by atoms with Gasteiger partial charge in [-0.15, -0.1) is 0 Å². The average molecular weight is 378 g/mol. The van der Waals surface area contributed by atoms with Gasteiger partial charge in [-0.2, -0.15) is 0 Å². The molecular formula is C23H22O3S. The van der Waals surface area contributed by atoms with E-state index in [-0.39, 0.29) is 0 Å². The van der Waals surface area contributed by atoms with E-state index in [2.05, 4.69) is 0 Å². The molecule has 0 amide bonds. The maximum atomic E-state index is 11.8. The number of aliphatic carboxylic acids is 1. The summed E-state index contributed by atoms with van der Waals surface area (Å²) in [6, 6.07) is 23.7. The number of aryl methyl sites for hydroxylation is 2. The first-order valence-electron chi connectivity index (χ1n) is 8.80. The van der Waals surface area contributed by atoms with Gasteiger partial charge in [0, 0.05) is 16.2 Å². The molecule has 3 aromatic carbocycles. The van der Waals surface area contributed by atoms with Crippen LogP contribution in [0.1, 0.15) is 16.7 Å². The monoisotopic (exact) mass is 378 g/mol. The molecule has 0 aliphatic heterocycles. The minimum absolute atomic E-state index is 0.304. The first-order valence-corrected chi connectivity index (χ1v) is 9.61. The van der Waals surface area contributed by atoms with Crippen LogP contribution in [0.3, 0.4) is 0 Å². The van der Waals surface area contributed by atoms with Crippen molar-refractivity contribution in [1.29, 1.82) is 0 Å². The Morgan fingerprint density at radius 1 is 0.963 bits per heavy atom. The summed E-state index contributed by atoms with van der Waals surface area (Å²) < 4.78 is 5.84. The highest BCUT2D eigenvalue weighted by Gasteiger charge is 2.22. The third-order valence-corrected chi connectivity index (χ3v) is 5.22. The Hall–Kier alpha value is -2.72. The van der Waals surface area contributed by atoms with Crippen LogP contribution in [0.2, 0.25) is 0 Å². The molecular weight excluding hydrogens is 356 g/mol. The maximum Gasteiger partial charge on any atom is 0.345 e. The molecule has 138 valence electrons. The van der Waals surface area contributed by atoms with E-state index in [1.165, 1.54) is 0 Å². The van der Waals surface area contributed by atoms with E-state index in [1.807, 2.05) is 86.6 Å². The van der Waals surface area contributed by atoms with E-state index >= 15 is 0 Å². The highest BCUT2D eigenvalue weighted by atomic mass is 32.2. The van der Waals surface area contributed by atoms with Crippen molar-refractivity contribution in [2.24, 2.45) is 0 Å². The summed E-state index contributed by atoms with van der Waals surface area (Å²) >= 11 is 1.63. The number of rotatable bonds is 7. The maximum absolute atomic E-state index is 11.8. The van der Waals surface area contributed by atoms with E-state index in [1.54, 1.807) is 11.8 Å². The Morgan fingerprint density at radius 3 is 2.26 bits per heavy atom. The third-order valence-electron chi connectivity index (χ3n) is 4.10. The second-order valence-electron chi connectivity index (χ2n) is 6.50. The summed E-state index contributed by atoms with van der Waals surface area (Å²) in [7, 11) is 0. The van der Waals surface area contributed by atoms with Gasteiger partial charge in [0.2, 0.25) is 0 Å². The van der Waals surface area contributed by atoms with Gasteiger partial charge < -0.3 is 9.84 Å². The molecule has 0 saturated heterocycles. The fraction of sp³-hybridized carbons (Fsp3) is 0.174. The molecule has 27 heavy (non-hydrogen) atoms. The van der Waals surface area contributed by atoms with Gasteiger partial charge in [-0.05, 0) is 60.9 Å². The van der Waals surface area contributed by atoms with Gasteiger partial charge in [-0.1, -0.05) is 54.2 Å². The Kier molecular flexibility index (Phi) is 6.20. The van der Waals surface area contributed by atoms with Crippen molar-refractivity contribution in [2.45, 2.75) is 36.2 Å². The summed E-state index contributed by atoms with van der Waals surface area (Å²) in [5, 5.41) is 9.68. The molecule has 1 atom stereocenters. The number of hydrogen-bond donors (Lipinski definition) is 1. The Balaban J connectivity index is 1.81. The molecule has 0 saturated carbocycles. The van der Waals surface area contributed by atoms with Gasteiger partial charge in [0.25, 0.3) is 0 Å². The third kappa shape index (κ3) is 5.38. The van der Waals surface area contributed by atoms with E-state index in [0.717, 1.165) is 26.5 Å². The Bertz CT molecular complexity index is 902. The Morgan fingerprint density at radius 2 is 1.59 bits per heavy atom. The summed E-state index contributed by atoms with van der Waals surface area (Å²) in [5.41, 5.74) is 3.06. The van der Waals surface area contributed by atoms with Crippen molar-refractivity contribution in [3.8, 4) is 5.75 Å². The van der Waals surface area contributed by atoms with Crippen molar-refractivity contribution in [1.82, 2.24) is 0 Å². The molecule has 0 spiro atoms. The van der Waals surface area contributed by atoms with Crippen LogP contribution in [-0.4, -0.2) is 17.2 Å². The van der Waals surface area contributed by atoms with E-state index < -0.39 is 12.1 Å². The number of ether oxygens (including phenoxy) is 1. The quantitative estimate of drug-likeness (QED) is 0.587. The first kappa shape index (κ1) is 19.1. The van der Waals surface area contributed by atoms with Crippen LogP contribution in [0, 0.1) is 13.8 Å². The fourth-order valence-electron chi connectivity index (χ4n) is 2.93. The highest BCUT2D eigenvalue weighted by Crippen LogP contribution is 2.31. The Labute approximate surface area is 164 Å². The van der Waals surface area contributed by atoms with Crippen molar-refractivity contribution in [2.75, 3.05) is 0 Å². The van der Waals surface area contributed by atoms with Gasteiger partial charge in [0.05, 0.1) is 0 Å². The molecule has 3 nitrogen and oxygen atoms in total. The largest absolute Gasteiger partial charge is 0.478 e. The lowest BCUT2D eigenvalue weighted by atomic mass is 10.1. The lowest BCUT2D eigenvalue weighted by molar-refractivity contribution is -0.145. The van der Waals surface area contributed by atoms with Crippen molar-refractivity contribution >= 4 is 17.7 Å². The molecule has 1 N–H and O–H groups in total. The molecule has 0 fully saturated rings. The van der Waals surface area contributed by atoms with E-state index in [9.17, 15) is 9.90 Å². The van der Waals surface area contributed by atoms with Crippen LogP contribution in [0.4, 0.5) is 0 Å². The minimum Gasteiger partial charge on any atom is -0.478 e. The highest BCUT2D eigenvalue weighted by molar-refractivity contribution is 7.99. The van der Waals surface area contributed by atoms with Crippen molar-refractivity contribution in [3.05, 3.63) is 89.5 Å². The minimum atomic E-state index is -0.964. The molecule has 0 aromatic heterocycles. The molecule has 3 rings (SSSR count). The second-order valence-corrected chi connectivity index (χ2v) is 7.61. The van der Waals surface area contributed by atoms with Gasteiger partial charge in [0.1, 0.15) is 5.75 Å². The van der Waals surface area contributed by atoms with Crippen LogP contribution < -0.4 is 4.74 Å². The number of carbonyl (C=O) groups is 1. The SMILES string of the molecule is Cc1cc(C)cc(OC(Cc2ccccc2Sc2ccccc2)C(=O)O)c1. The van der Waals surface area contributed by atoms with Crippen LogP contribution in [0.5, 0.6) is 5.75 Å². The predicted octanol–water partition coefficient (Wildman–Crippen LogP) is 5.53. The molecule has 0 aliphatic rings. The topological polar surface area (TPSA) is 46.5 Å². The predicted molar refractivity (Wildman–Crippen MR) is 109 cm³/mol. The molecule has 4 heteroatoms. The lowest BCUT2D eigenvalue weighted by Crippen LogP contribution is -2.29. The zero-order chi connectivity index (χ0) is 19.2. The molecule has 0 bridgehead atoms. The smallest absolute Gasteiger partial charge is 0.345 e. The lowest BCUT2D eigenvalue weighted by Gasteiger charge is -2.18. The average Bonchev–Trinajstić information content (AvgIpc) is 2.62. The van der Waals surface area contributed by atoms with Gasteiger partial charge in [0.15, 0.2) is 6.10 Å². The molecule has 3 aromatic rings. The molecule has 1 unspecified atom stereocenters. The summed E-state index contributed by atoms with van der Waals surface area (Å²) in [6.45, 7) is 3.95. The zero-order valence-electron chi connectivity index (χ0n) is 15.4. The molecule has 0 radical (unpaired) electrons. The number of benzene rings is 3. The summed E-state index contributed by atoms with van der Waals surface area (Å²) in [4.78, 5) is 14.0. The first-order chi connectivity index (χ1) is 13.0. The van der Waals surface area contributed by atoms with Gasteiger partial charge >= 0.3 is 5.97 Å². The van der Waals surface area contributed by atoms with E-state index in [0.29, 0.717) is 12.2 Å². The summed E-state index contributed by atoms with van der Waals surface area (Å²) in [6.07, 6.45) is -0.637. The van der Waals surface area contributed by atoms with Crippen molar-refractivity contribution in [3.63, 3.8) is 0 Å². The fourth-order valence-corrected chi connectivity index (χ4v) is 3.91. The van der Waals surface area contributed by atoms with Crippen LogP contribution in [0.25, 0.3) is 0 Å². The van der Waals surface area contributed by atoms with Gasteiger partial charge in [-0.25, -0.2) is 4.79 Å². The number of carboxylic acids is 1. The number of carboxylic acid groups (broad SMARTS) is 1. The number of hydrogen-bond acceptors (Lipinski definition) is 3. The van der Waals surface area contributed by atoms with Crippen LogP contribution >= 0.6 is 11.8 Å². The van der Waals surface area contributed by atoms with Crippen LogP contribution in [0.15, 0.2) is 82.6 Å². The van der Waals surface area contributed by atoms with Crippen molar-refractivity contribution < 1.29 is 14.6 Å².